The molecular formula is C13H21N3O. The number of amides is 1. The molecule has 94 valence electrons. The number of nitrogens with zero attached hydrogens (tertiary/aromatic N) is 2. The molecule has 2 bridgehead atoms. The first kappa shape index (κ1) is 11.2. The molecule has 2 unspecified atom stereocenters. The van der Waals surface area contributed by atoms with Gasteiger partial charge in [0.25, 0.3) is 5.91 Å². The van der Waals surface area contributed by atoms with Crippen LogP contribution in [0.15, 0.2) is 4.99 Å². The van der Waals surface area contributed by atoms with Crippen LogP contribution in [0.3, 0.4) is 0 Å². The molecule has 0 aromatic carbocycles. The maximum absolute atomic E-state index is 11.8. The number of nitrogens with one attached hydrogen (secondary N) is 1. The Hall–Kier alpha value is -0.900. The minimum absolute atomic E-state index is 0.0544. The van der Waals surface area contributed by atoms with Crippen LogP contribution in [0.1, 0.15) is 39.5 Å². The van der Waals surface area contributed by atoms with E-state index >= 15 is 0 Å². The third-order valence-corrected chi connectivity index (χ3v) is 4.68. The van der Waals surface area contributed by atoms with Gasteiger partial charge >= 0.3 is 0 Å². The van der Waals surface area contributed by atoms with Gasteiger partial charge in [0, 0.05) is 18.0 Å². The number of fused-ring (bicyclic) bond motifs is 2. The third-order valence-electron chi connectivity index (χ3n) is 4.68. The highest BCUT2D eigenvalue weighted by molar-refractivity contribution is 6.08. The van der Waals surface area contributed by atoms with Crippen LogP contribution in [0.2, 0.25) is 0 Å². The average molecular weight is 235 g/mol. The highest BCUT2D eigenvalue weighted by Crippen LogP contribution is 2.38. The molecule has 1 amide bonds. The monoisotopic (exact) mass is 235 g/mol. The molecule has 0 aromatic rings. The zero-order chi connectivity index (χ0) is 12.2. The second-order valence-electron chi connectivity index (χ2n) is 6.23. The van der Waals surface area contributed by atoms with Gasteiger partial charge in [-0.3, -0.25) is 9.79 Å². The first-order valence-electron chi connectivity index (χ1n) is 6.60. The van der Waals surface area contributed by atoms with Gasteiger partial charge in [-0.25, -0.2) is 0 Å². The number of piperidine rings is 1. The Bertz CT molecular complexity index is 374. The zero-order valence-corrected chi connectivity index (χ0v) is 10.9. The Balaban J connectivity index is 1.78. The van der Waals surface area contributed by atoms with E-state index in [2.05, 4.69) is 22.3 Å². The molecule has 17 heavy (non-hydrogen) atoms. The molecule has 4 nitrogen and oxygen atoms in total. The van der Waals surface area contributed by atoms with Gasteiger partial charge in [-0.1, -0.05) is 0 Å². The Kier molecular flexibility index (Phi) is 2.34. The summed E-state index contributed by atoms with van der Waals surface area (Å²) < 4.78 is 0. The summed E-state index contributed by atoms with van der Waals surface area (Å²) in [5, 5.41) is 2.99. The number of hydrogen-bond acceptors (Lipinski definition) is 3. The van der Waals surface area contributed by atoms with Gasteiger partial charge in [0.15, 0.2) is 0 Å². The summed E-state index contributed by atoms with van der Waals surface area (Å²) in [4.78, 5) is 18.9. The molecule has 0 spiro atoms. The highest BCUT2D eigenvalue weighted by Gasteiger charge is 2.43. The number of hydrogen-bond donors (Lipinski definition) is 1. The van der Waals surface area contributed by atoms with Crippen LogP contribution < -0.4 is 5.32 Å². The molecule has 2 fully saturated rings. The lowest BCUT2D eigenvalue weighted by molar-refractivity contribution is -0.122. The van der Waals surface area contributed by atoms with E-state index in [9.17, 15) is 4.79 Å². The minimum Gasteiger partial charge on any atom is -0.312 e. The van der Waals surface area contributed by atoms with Gasteiger partial charge in [0.2, 0.25) is 0 Å². The summed E-state index contributed by atoms with van der Waals surface area (Å²) in [5.41, 5.74) is -0.558. The van der Waals surface area contributed by atoms with Gasteiger partial charge in [-0.15, -0.1) is 0 Å². The third kappa shape index (κ3) is 1.69. The van der Waals surface area contributed by atoms with Crippen LogP contribution in [0.25, 0.3) is 0 Å². The molecule has 2 saturated heterocycles. The maximum atomic E-state index is 11.8. The van der Waals surface area contributed by atoms with Crippen LogP contribution >= 0.6 is 0 Å². The first-order valence-corrected chi connectivity index (χ1v) is 6.60. The van der Waals surface area contributed by atoms with E-state index in [1.165, 1.54) is 12.8 Å². The SMILES string of the molecule is CN1C2CCC1CC(C1=NC(C)(C)C(=O)N1)C2. The zero-order valence-electron chi connectivity index (χ0n) is 10.9. The van der Waals surface area contributed by atoms with Crippen molar-refractivity contribution in [2.45, 2.75) is 57.2 Å². The fraction of sp³-hybridized carbons (Fsp3) is 0.846. The Morgan fingerprint density at radius 1 is 1.29 bits per heavy atom. The summed E-state index contributed by atoms with van der Waals surface area (Å²) in [7, 11) is 2.23. The number of rotatable bonds is 1. The molecule has 2 atom stereocenters. The molecule has 3 rings (SSSR count). The van der Waals surface area contributed by atoms with Gasteiger partial charge < -0.3 is 10.2 Å². The number of carbonyl (C=O) groups is 1. The summed E-state index contributed by atoms with van der Waals surface area (Å²) >= 11 is 0. The van der Waals surface area contributed by atoms with E-state index in [1.54, 1.807) is 0 Å². The van der Waals surface area contributed by atoms with Crippen LogP contribution in [0.4, 0.5) is 0 Å². The molecule has 0 aromatic heterocycles. The average Bonchev–Trinajstić information content (AvgIpc) is 2.63. The Morgan fingerprint density at radius 2 is 1.88 bits per heavy atom. The molecular weight excluding hydrogens is 214 g/mol. The molecule has 0 saturated carbocycles. The second kappa shape index (κ2) is 3.55. The first-order chi connectivity index (χ1) is 7.97. The lowest BCUT2D eigenvalue weighted by Gasteiger charge is -2.36. The fourth-order valence-electron chi connectivity index (χ4n) is 3.48. The van der Waals surface area contributed by atoms with Crippen LogP contribution in [0, 0.1) is 5.92 Å². The molecule has 3 heterocycles. The summed E-state index contributed by atoms with van der Waals surface area (Å²) in [5.74, 6) is 1.47. The standard InChI is InChI=1S/C13H21N3O/c1-13(2)12(17)14-11(15-13)8-6-9-4-5-10(7-8)16(9)3/h8-10H,4-7H2,1-3H3,(H,14,15,17). The van der Waals surface area contributed by atoms with Crippen LogP contribution in [0.5, 0.6) is 0 Å². The second-order valence-corrected chi connectivity index (χ2v) is 6.23. The Morgan fingerprint density at radius 3 is 2.35 bits per heavy atom. The maximum Gasteiger partial charge on any atom is 0.252 e. The number of amidine groups is 1. The summed E-state index contributed by atoms with van der Waals surface area (Å²) in [6.07, 6.45) is 4.93. The van der Waals surface area contributed by atoms with Crippen LogP contribution in [-0.4, -0.2) is 41.3 Å². The van der Waals surface area contributed by atoms with Gasteiger partial charge in [0.05, 0.1) is 0 Å². The van der Waals surface area contributed by atoms with E-state index in [4.69, 9.17) is 0 Å². The van der Waals surface area contributed by atoms with Crippen molar-refractivity contribution in [3.05, 3.63) is 0 Å². The van der Waals surface area contributed by atoms with Crippen molar-refractivity contribution in [3.63, 3.8) is 0 Å². The molecule has 3 aliphatic rings. The van der Waals surface area contributed by atoms with E-state index in [0.29, 0.717) is 18.0 Å². The van der Waals surface area contributed by atoms with Gasteiger partial charge in [-0.05, 0) is 46.6 Å². The quantitative estimate of drug-likeness (QED) is 0.741. The van der Waals surface area contributed by atoms with Crippen molar-refractivity contribution in [3.8, 4) is 0 Å². The predicted molar refractivity (Wildman–Crippen MR) is 67.0 cm³/mol. The van der Waals surface area contributed by atoms with Crippen molar-refractivity contribution in [1.29, 1.82) is 0 Å². The van der Waals surface area contributed by atoms with Crippen molar-refractivity contribution in [2.75, 3.05) is 7.05 Å². The van der Waals surface area contributed by atoms with Crippen molar-refractivity contribution in [2.24, 2.45) is 10.9 Å². The van der Waals surface area contributed by atoms with E-state index in [1.807, 2.05) is 13.8 Å². The van der Waals surface area contributed by atoms with Gasteiger partial charge in [-0.2, -0.15) is 0 Å². The highest BCUT2D eigenvalue weighted by atomic mass is 16.2. The minimum atomic E-state index is -0.558. The largest absolute Gasteiger partial charge is 0.312 e. The molecule has 1 N–H and O–H groups in total. The van der Waals surface area contributed by atoms with Crippen LogP contribution in [-0.2, 0) is 4.79 Å². The smallest absolute Gasteiger partial charge is 0.252 e. The topological polar surface area (TPSA) is 44.7 Å². The lowest BCUT2D eigenvalue weighted by Crippen LogP contribution is -2.45. The molecule has 0 radical (unpaired) electrons. The lowest BCUT2D eigenvalue weighted by atomic mass is 9.90. The van der Waals surface area contributed by atoms with E-state index in [-0.39, 0.29) is 5.91 Å². The normalized spacial score (nSPS) is 40.3. The fourth-order valence-corrected chi connectivity index (χ4v) is 3.48. The predicted octanol–water partition coefficient (Wildman–Crippen LogP) is 1.17. The van der Waals surface area contributed by atoms with Crippen molar-refractivity contribution >= 4 is 11.7 Å². The molecule has 4 heteroatoms. The summed E-state index contributed by atoms with van der Waals surface area (Å²) in [6, 6.07) is 1.39. The van der Waals surface area contributed by atoms with Gasteiger partial charge in [0.1, 0.15) is 11.4 Å². The summed E-state index contributed by atoms with van der Waals surface area (Å²) in [6.45, 7) is 3.78. The molecule has 3 aliphatic heterocycles. The van der Waals surface area contributed by atoms with Crippen molar-refractivity contribution < 1.29 is 4.79 Å². The Labute approximate surface area is 102 Å². The number of aliphatic imine (C=N–C) groups is 1. The molecule has 0 aliphatic carbocycles. The van der Waals surface area contributed by atoms with E-state index < -0.39 is 5.54 Å². The number of carbonyl (C=O) groups excluding carboxylic acids is 1. The van der Waals surface area contributed by atoms with Crippen molar-refractivity contribution in [1.82, 2.24) is 10.2 Å². The van der Waals surface area contributed by atoms with E-state index in [0.717, 1.165) is 18.7 Å².